The molecule has 0 aromatic heterocycles. The Balaban J connectivity index is 5.86. The molecule has 0 saturated carbocycles. The summed E-state index contributed by atoms with van der Waals surface area (Å²) in [4.78, 5) is 80.3. The highest BCUT2D eigenvalue weighted by molar-refractivity contribution is 5.95. The zero-order valence-electron chi connectivity index (χ0n) is 28.5. The van der Waals surface area contributed by atoms with Crippen molar-refractivity contribution in [1.82, 2.24) is 15.5 Å². The van der Waals surface area contributed by atoms with Crippen LogP contribution in [0.1, 0.15) is 87.0 Å². The molecule has 46 heavy (non-hydrogen) atoms. The molecule has 0 aromatic carbocycles. The minimum absolute atomic E-state index is 0.0955. The second-order valence-electron chi connectivity index (χ2n) is 12.7. The third kappa shape index (κ3) is 17.5. The molecule has 14 heteroatoms. The van der Waals surface area contributed by atoms with Crippen LogP contribution in [0.5, 0.6) is 0 Å². The van der Waals surface area contributed by atoms with Crippen LogP contribution in [-0.2, 0) is 43.0 Å². The number of carbonyl (C=O) groups excluding carboxylic acids is 6. The van der Waals surface area contributed by atoms with Gasteiger partial charge in [-0.3, -0.25) is 28.8 Å². The highest BCUT2D eigenvalue weighted by atomic mass is 16.6. The van der Waals surface area contributed by atoms with Crippen LogP contribution in [0.15, 0.2) is 5.11 Å². The summed E-state index contributed by atoms with van der Waals surface area (Å²) in [5.74, 6) is -3.17. The Hall–Kier alpha value is -3.95. The standard InChI is InChI=1S/C32H51N5O9/c1-10-16-45-19-24(25(38)13-14-27(40)44-9)35-31(43)23(20(2)3)18-26(39)29(21(4)5)36-30(42)22(12-11-15-34-37-33)17-28(41)46-32(6,7)8/h1,20-24,29,33H,11-19H2,2-9H3,(H-,35,36,42,43)/p+1/t22-,23+,24+,29+/m1/s1. The highest BCUT2D eigenvalue weighted by Gasteiger charge is 2.35. The Bertz CT molecular complexity index is 1130. The molecular weight excluding hydrogens is 598 g/mol. The number of hydrogen-bond acceptors (Lipinski definition) is 11. The molecule has 0 saturated heterocycles. The number of methoxy groups -OCH3 is 1. The molecule has 0 aliphatic heterocycles. The van der Waals surface area contributed by atoms with Crippen LogP contribution in [0.2, 0.25) is 0 Å². The second kappa shape index (κ2) is 21.7. The van der Waals surface area contributed by atoms with Gasteiger partial charge < -0.3 is 24.8 Å². The van der Waals surface area contributed by atoms with Crippen LogP contribution in [0.25, 0.3) is 0 Å². The Morgan fingerprint density at radius 1 is 0.913 bits per heavy atom. The second-order valence-corrected chi connectivity index (χ2v) is 12.7. The number of Topliss-reactive ketones (excluding diaryl/α,β-unsaturated/α-hetero) is 2. The van der Waals surface area contributed by atoms with Gasteiger partial charge in [0.2, 0.25) is 16.7 Å². The number of ketones is 2. The largest absolute Gasteiger partial charge is 0.469 e. The van der Waals surface area contributed by atoms with Crippen molar-refractivity contribution in [2.75, 3.05) is 26.9 Å². The Labute approximate surface area is 272 Å². The van der Waals surface area contributed by atoms with Gasteiger partial charge in [-0.25, -0.2) is 0 Å². The van der Waals surface area contributed by atoms with E-state index in [1.54, 1.807) is 48.5 Å². The van der Waals surface area contributed by atoms with Gasteiger partial charge in [-0.05, 0) is 45.4 Å². The van der Waals surface area contributed by atoms with Crippen molar-refractivity contribution in [3.05, 3.63) is 0 Å². The normalized spacial score (nSPS) is 13.8. The predicted octanol–water partition coefficient (Wildman–Crippen LogP) is 2.69. The minimum atomic E-state index is -1.11. The van der Waals surface area contributed by atoms with E-state index in [1.807, 2.05) is 0 Å². The van der Waals surface area contributed by atoms with Gasteiger partial charge in [0.25, 0.3) is 0 Å². The molecule has 0 fully saturated rings. The number of terminal acetylenes is 1. The predicted molar refractivity (Wildman–Crippen MR) is 168 cm³/mol. The molecule has 3 N–H and O–H groups in total. The average molecular weight is 651 g/mol. The lowest BCUT2D eigenvalue weighted by molar-refractivity contribution is -0.157. The van der Waals surface area contributed by atoms with E-state index in [1.165, 1.54) is 7.11 Å². The maximum atomic E-state index is 13.6. The molecule has 4 atom stereocenters. The van der Waals surface area contributed by atoms with Crippen LogP contribution >= 0.6 is 0 Å². The van der Waals surface area contributed by atoms with E-state index in [0.29, 0.717) is 6.42 Å². The zero-order chi connectivity index (χ0) is 35.4. The topological polar surface area (TPSA) is 204 Å². The van der Waals surface area contributed by atoms with E-state index in [-0.39, 0.29) is 63.7 Å². The first kappa shape index (κ1) is 42.0. The summed E-state index contributed by atoms with van der Waals surface area (Å²) in [5.41, 5.74) is 6.07. The van der Waals surface area contributed by atoms with Crippen LogP contribution < -0.4 is 15.5 Å². The van der Waals surface area contributed by atoms with Crippen molar-refractivity contribution in [2.24, 2.45) is 28.8 Å². The SMILES string of the molecule is C#CCOC[C@H](NC(=O)[C@@H](CC(=O)[C@@H](NC(=O)[C@H](CCCN=[N+]=N)CC(=O)OC(C)(C)C)C(C)C)C(C)C)C(=O)CCC(=O)OC. The van der Waals surface area contributed by atoms with Crippen LogP contribution in [-0.4, -0.2) is 79.9 Å². The van der Waals surface area contributed by atoms with Crippen molar-refractivity contribution in [3.8, 4) is 12.3 Å². The Kier molecular flexibility index (Phi) is 19.9. The average Bonchev–Trinajstić information content (AvgIpc) is 2.96. The van der Waals surface area contributed by atoms with Gasteiger partial charge in [0.1, 0.15) is 35.4 Å². The number of hydrogen-bond donors (Lipinski definition) is 3. The fourth-order valence-electron chi connectivity index (χ4n) is 4.46. The number of nitrogens with one attached hydrogen (secondary N) is 3. The van der Waals surface area contributed by atoms with Crippen molar-refractivity contribution >= 4 is 35.3 Å². The smallest absolute Gasteiger partial charge is 0.307 e. The van der Waals surface area contributed by atoms with Crippen LogP contribution in [0, 0.1) is 41.5 Å². The summed E-state index contributed by atoms with van der Waals surface area (Å²) in [7, 11) is 1.20. The zero-order valence-corrected chi connectivity index (χ0v) is 28.5. The summed E-state index contributed by atoms with van der Waals surface area (Å²) < 4.78 is 15.3. The third-order valence-corrected chi connectivity index (χ3v) is 6.94. The lowest BCUT2D eigenvalue weighted by atomic mass is 9.85. The van der Waals surface area contributed by atoms with Gasteiger partial charge >= 0.3 is 11.9 Å². The molecular formula is C32H52N5O9+. The molecule has 0 radical (unpaired) electrons. The van der Waals surface area contributed by atoms with Crippen molar-refractivity contribution in [2.45, 2.75) is 105 Å². The van der Waals surface area contributed by atoms with Gasteiger partial charge in [0.05, 0.1) is 32.6 Å². The summed E-state index contributed by atoms with van der Waals surface area (Å²) in [5, 5.41) is 9.02. The van der Waals surface area contributed by atoms with Gasteiger partial charge in [0.15, 0.2) is 11.6 Å². The molecule has 0 heterocycles. The number of rotatable bonds is 22. The van der Waals surface area contributed by atoms with Crippen molar-refractivity contribution in [1.29, 1.82) is 5.53 Å². The van der Waals surface area contributed by atoms with Crippen LogP contribution in [0.3, 0.4) is 0 Å². The number of nitrogens with zero attached hydrogens (tertiary/aromatic N) is 2. The minimum Gasteiger partial charge on any atom is -0.469 e. The number of amides is 2. The fraction of sp³-hybridized carbons (Fsp3) is 0.750. The summed E-state index contributed by atoms with van der Waals surface area (Å²) in [6.07, 6.45) is 5.02. The van der Waals surface area contributed by atoms with E-state index < -0.39 is 64.8 Å². The van der Waals surface area contributed by atoms with E-state index in [2.05, 4.69) is 31.3 Å². The summed E-state index contributed by atoms with van der Waals surface area (Å²) in [6.45, 7) is 12.1. The molecule has 14 nitrogen and oxygen atoms in total. The van der Waals surface area contributed by atoms with Gasteiger partial charge in [0, 0.05) is 24.7 Å². The van der Waals surface area contributed by atoms with E-state index >= 15 is 0 Å². The summed E-state index contributed by atoms with van der Waals surface area (Å²) in [6, 6.07) is -2.07. The maximum absolute atomic E-state index is 13.6. The maximum Gasteiger partial charge on any atom is 0.307 e. The van der Waals surface area contributed by atoms with Crippen molar-refractivity contribution < 1.29 is 43.0 Å². The Morgan fingerprint density at radius 3 is 2.09 bits per heavy atom. The quantitative estimate of drug-likeness (QED) is 0.0517. The summed E-state index contributed by atoms with van der Waals surface area (Å²) >= 11 is 0. The molecule has 0 rings (SSSR count). The van der Waals surface area contributed by atoms with E-state index in [9.17, 15) is 28.8 Å². The highest BCUT2D eigenvalue weighted by Crippen LogP contribution is 2.21. The van der Waals surface area contributed by atoms with E-state index in [4.69, 9.17) is 21.4 Å². The van der Waals surface area contributed by atoms with E-state index in [0.717, 1.165) is 0 Å². The monoisotopic (exact) mass is 650 g/mol. The lowest BCUT2D eigenvalue weighted by Crippen LogP contribution is -2.50. The molecule has 0 unspecified atom stereocenters. The molecule has 0 spiro atoms. The first-order valence-corrected chi connectivity index (χ1v) is 15.5. The van der Waals surface area contributed by atoms with Crippen LogP contribution in [0.4, 0.5) is 0 Å². The number of esters is 2. The van der Waals surface area contributed by atoms with Gasteiger partial charge in [-0.2, -0.15) is 0 Å². The lowest BCUT2D eigenvalue weighted by Gasteiger charge is -2.28. The number of carbonyl (C=O) groups is 6. The molecule has 258 valence electrons. The number of ether oxygens (including phenoxy) is 3. The molecule has 0 aromatic rings. The first-order valence-electron chi connectivity index (χ1n) is 15.5. The first-order chi connectivity index (χ1) is 21.5. The molecule has 0 aliphatic carbocycles. The van der Waals surface area contributed by atoms with Gasteiger partial charge in [-0.15, -0.1) is 6.42 Å². The molecule has 0 bridgehead atoms. The fourth-order valence-corrected chi connectivity index (χ4v) is 4.46. The third-order valence-electron chi connectivity index (χ3n) is 6.94. The Morgan fingerprint density at radius 2 is 1.57 bits per heavy atom. The molecule has 2 amide bonds. The van der Waals surface area contributed by atoms with Gasteiger partial charge in [-0.1, -0.05) is 33.6 Å². The molecule has 0 aliphatic rings. The van der Waals surface area contributed by atoms with Crippen molar-refractivity contribution in [3.63, 3.8) is 0 Å².